The molecule has 0 atom stereocenters. The minimum Gasteiger partial charge on any atom is -0.295 e. The van der Waals surface area contributed by atoms with Crippen molar-refractivity contribution in [3.8, 4) is 0 Å². The largest absolute Gasteiger partial charge is 0.295 e. The van der Waals surface area contributed by atoms with Crippen molar-refractivity contribution in [2.75, 3.05) is 13.1 Å². The van der Waals surface area contributed by atoms with Crippen LogP contribution in [0.4, 0.5) is 5.69 Å². The van der Waals surface area contributed by atoms with E-state index in [1.165, 1.54) is 11.1 Å². The van der Waals surface area contributed by atoms with Gasteiger partial charge in [0.2, 0.25) is 0 Å². The average Bonchev–Trinajstić information content (AvgIpc) is 2.71. The molecule has 1 aliphatic carbocycles. The van der Waals surface area contributed by atoms with Crippen LogP contribution in [-0.4, -0.2) is 22.9 Å². The number of nitrogens with zero attached hydrogens (tertiary/aromatic N) is 2. The van der Waals surface area contributed by atoms with Gasteiger partial charge in [-0.25, -0.2) is 0 Å². The predicted octanol–water partition coefficient (Wildman–Crippen LogP) is 3.61. The molecule has 0 fully saturated rings. The number of benzene rings is 1. The minimum absolute atomic E-state index is 0.152. The Morgan fingerprint density at radius 2 is 2.00 bits per heavy atom. The van der Waals surface area contributed by atoms with Crippen LogP contribution in [0.25, 0.3) is 0 Å². The summed E-state index contributed by atoms with van der Waals surface area (Å²) in [6, 6.07) is 6.86. The Morgan fingerprint density at radius 3 is 2.76 bits per heavy atom. The monoisotopic (exact) mass is 282 g/mol. The van der Waals surface area contributed by atoms with Gasteiger partial charge in [0.05, 0.1) is 4.92 Å². The normalized spacial score (nSPS) is 18.5. The molecule has 1 aliphatic heterocycles. The predicted molar refractivity (Wildman–Crippen MR) is 82.9 cm³/mol. The number of hydrogen-bond acceptors (Lipinski definition) is 3. The zero-order valence-corrected chi connectivity index (χ0v) is 11.9. The van der Waals surface area contributed by atoms with E-state index >= 15 is 0 Å². The van der Waals surface area contributed by atoms with Crippen LogP contribution in [-0.2, 0) is 6.54 Å². The van der Waals surface area contributed by atoms with Gasteiger partial charge in [-0.1, -0.05) is 36.4 Å². The summed E-state index contributed by atoms with van der Waals surface area (Å²) in [6.45, 7) is 2.80. The van der Waals surface area contributed by atoms with E-state index in [1.807, 2.05) is 12.1 Å². The molecule has 0 saturated heterocycles. The lowest BCUT2D eigenvalue weighted by molar-refractivity contribution is -0.384. The Balaban J connectivity index is 1.66. The van der Waals surface area contributed by atoms with Gasteiger partial charge in [0.15, 0.2) is 0 Å². The number of nitro groups is 1. The smallest absolute Gasteiger partial charge is 0.269 e. The van der Waals surface area contributed by atoms with Gasteiger partial charge in [-0.2, -0.15) is 0 Å². The third kappa shape index (κ3) is 3.28. The summed E-state index contributed by atoms with van der Waals surface area (Å²) in [6.07, 6.45) is 11.0. The van der Waals surface area contributed by atoms with Gasteiger partial charge < -0.3 is 0 Å². The molecule has 0 bridgehead atoms. The van der Waals surface area contributed by atoms with Crippen molar-refractivity contribution < 1.29 is 4.92 Å². The van der Waals surface area contributed by atoms with Gasteiger partial charge in [-0.3, -0.25) is 15.0 Å². The molecule has 0 amide bonds. The molecule has 4 nitrogen and oxygen atoms in total. The molecule has 0 N–H and O–H groups in total. The van der Waals surface area contributed by atoms with Gasteiger partial charge in [0.1, 0.15) is 0 Å². The molecule has 1 heterocycles. The Bertz CT molecular complexity index is 627. The summed E-state index contributed by atoms with van der Waals surface area (Å²) in [5, 5.41) is 10.7. The van der Waals surface area contributed by atoms with Crippen LogP contribution in [0.5, 0.6) is 0 Å². The number of nitro benzene ring substituents is 1. The van der Waals surface area contributed by atoms with Gasteiger partial charge in [-0.05, 0) is 29.6 Å². The van der Waals surface area contributed by atoms with Crippen LogP contribution in [0.15, 0.2) is 59.7 Å². The van der Waals surface area contributed by atoms with Crippen molar-refractivity contribution in [1.29, 1.82) is 0 Å². The average molecular weight is 282 g/mol. The third-order valence-corrected chi connectivity index (χ3v) is 4.03. The first-order valence-electron chi connectivity index (χ1n) is 7.23. The maximum Gasteiger partial charge on any atom is 0.269 e. The maximum atomic E-state index is 10.7. The maximum absolute atomic E-state index is 10.7. The lowest BCUT2D eigenvalue weighted by Crippen LogP contribution is -2.23. The van der Waals surface area contributed by atoms with E-state index in [0.29, 0.717) is 0 Å². The Labute approximate surface area is 124 Å². The van der Waals surface area contributed by atoms with Crippen molar-refractivity contribution >= 4 is 5.69 Å². The second-order valence-electron chi connectivity index (χ2n) is 5.46. The Hall–Kier alpha value is -2.20. The molecule has 0 aromatic heterocycles. The topological polar surface area (TPSA) is 46.4 Å². The second-order valence-corrected chi connectivity index (χ2v) is 5.46. The molecule has 0 unspecified atom stereocenters. The fourth-order valence-electron chi connectivity index (χ4n) is 2.81. The van der Waals surface area contributed by atoms with Crippen LogP contribution in [0.1, 0.15) is 18.4 Å². The van der Waals surface area contributed by atoms with Crippen molar-refractivity contribution in [3.05, 3.63) is 75.4 Å². The van der Waals surface area contributed by atoms with Crippen LogP contribution in [0.2, 0.25) is 0 Å². The fourth-order valence-corrected chi connectivity index (χ4v) is 2.81. The fraction of sp³-hybridized carbons (Fsp3) is 0.294. The molecule has 2 aliphatic rings. The molecule has 108 valence electrons. The van der Waals surface area contributed by atoms with Crippen molar-refractivity contribution in [2.45, 2.75) is 19.4 Å². The molecule has 1 aromatic carbocycles. The zero-order chi connectivity index (χ0) is 14.7. The van der Waals surface area contributed by atoms with Gasteiger partial charge in [0, 0.05) is 31.8 Å². The first kappa shape index (κ1) is 13.8. The van der Waals surface area contributed by atoms with Gasteiger partial charge >= 0.3 is 0 Å². The first-order valence-corrected chi connectivity index (χ1v) is 7.23. The number of hydrogen-bond donors (Lipinski definition) is 0. The van der Waals surface area contributed by atoms with Crippen LogP contribution < -0.4 is 0 Å². The summed E-state index contributed by atoms with van der Waals surface area (Å²) in [5.74, 6) is 0. The molecule has 3 rings (SSSR count). The number of rotatable bonds is 3. The summed E-state index contributed by atoms with van der Waals surface area (Å²) in [4.78, 5) is 12.7. The molecule has 4 heteroatoms. The Kier molecular flexibility index (Phi) is 3.97. The number of allylic oxidation sites excluding steroid dienone is 4. The highest BCUT2D eigenvalue weighted by atomic mass is 16.6. The molecule has 21 heavy (non-hydrogen) atoms. The minimum atomic E-state index is -0.357. The third-order valence-electron chi connectivity index (χ3n) is 4.03. The van der Waals surface area contributed by atoms with Crippen molar-refractivity contribution in [3.63, 3.8) is 0 Å². The van der Waals surface area contributed by atoms with E-state index in [4.69, 9.17) is 0 Å². The second kappa shape index (κ2) is 6.06. The van der Waals surface area contributed by atoms with Gasteiger partial charge in [0.25, 0.3) is 5.69 Å². The molecule has 1 aromatic rings. The van der Waals surface area contributed by atoms with Crippen LogP contribution >= 0.6 is 0 Å². The lowest BCUT2D eigenvalue weighted by Gasteiger charge is -2.19. The van der Waals surface area contributed by atoms with Gasteiger partial charge in [-0.15, -0.1) is 0 Å². The van der Waals surface area contributed by atoms with Crippen molar-refractivity contribution in [2.24, 2.45) is 0 Å². The molecule has 0 spiro atoms. The summed E-state index contributed by atoms with van der Waals surface area (Å²) in [5.41, 5.74) is 4.17. The zero-order valence-electron chi connectivity index (χ0n) is 11.9. The van der Waals surface area contributed by atoms with Crippen LogP contribution in [0.3, 0.4) is 0 Å². The lowest BCUT2D eigenvalue weighted by atomic mass is 9.96. The summed E-state index contributed by atoms with van der Waals surface area (Å²) in [7, 11) is 0. The molecular weight excluding hydrogens is 264 g/mol. The van der Waals surface area contributed by atoms with E-state index in [0.717, 1.165) is 38.0 Å². The first-order chi connectivity index (χ1) is 10.2. The van der Waals surface area contributed by atoms with E-state index < -0.39 is 0 Å². The molecular formula is C17H18N2O2. The Morgan fingerprint density at radius 1 is 1.19 bits per heavy atom. The molecule has 0 radical (unpaired) electrons. The highest BCUT2D eigenvalue weighted by molar-refractivity contribution is 5.40. The highest BCUT2D eigenvalue weighted by Crippen LogP contribution is 2.25. The van der Waals surface area contributed by atoms with E-state index in [2.05, 4.69) is 29.2 Å². The van der Waals surface area contributed by atoms with E-state index in [-0.39, 0.29) is 10.6 Å². The quantitative estimate of drug-likeness (QED) is 0.628. The van der Waals surface area contributed by atoms with E-state index in [1.54, 1.807) is 12.1 Å². The van der Waals surface area contributed by atoms with Crippen LogP contribution in [0, 0.1) is 10.1 Å². The number of non-ortho nitro benzene ring substituents is 1. The summed E-state index contributed by atoms with van der Waals surface area (Å²) < 4.78 is 0. The van der Waals surface area contributed by atoms with Crippen molar-refractivity contribution in [1.82, 2.24) is 4.90 Å². The number of fused-ring (bicyclic) bond motifs is 1. The summed E-state index contributed by atoms with van der Waals surface area (Å²) >= 11 is 0. The standard InChI is InChI=1S/C17H18N2O2/c20-19(21)17-7-5-14(6-8-17)13-18-11-9-15-3-1-2-4-16(15)10-12-18/h1-3,5-8,10H,4,9,11-13H2. The molecule has 0 saturated carbocycles. The SMILES string of the molecule is O=[N+]([O-])c1ccc(CN2CC=C3CC=CC=C3CC2)cc1. The van der Waals surface area contributed by atoms with E-state index in [9.17, 15) is 10.1 Å². The highest BCUT2D eigenvalue weighted by Gasteiger charge is 2.15.